The van der Waals surface area contributed by atoms with Crippen LogP contribution < -0.4 is 22.1 Å². The Bertz CT molecular complexity index is 1160. The number of amides is 1. The molecule has 0 saturated heterocycles. The number of nitrogens with two attached hydrogens (primary N) is 2. The van der Waals surface area contributed by atoms with Gasteiger partial charge in [-0.3, -0.25) is 4.79 Å². The third-order valence-electron chi connectivity index (χ3n) is 5.17. The number of benzene rings is 4. The number of nitrogens with one attached hydrogen (secondary N) is 2. The molecule has 0 heterocycles. The molecule has 0 aliphatic heterocycles. The lowest BCUT2D eigenvalue weighted by Crippen LogP contribution is -2.12. The SMILES string of the molecule is C=C(Nc1ccccc1N)c1ccc(-c2ccc(C(=O)Nc3ccccc3N)cc2)cc1. The normalized spacial score (nSPS) is 10.4. The maximum Gasteiger partial charge on any atom is 0.255 e. The van der Waals surface area contributed by atoms with Crippen molar-refractivity contribution in [2.45, 2.75) is 0 Å². The molecule has 5 heteroatoms. The summed E-state index contributed by atoms with van der Waals surface area (Å²) in [7, 11) is 0. The summed E-state index contributed by atoms with van der Waals surface area (Å²) in [5.74, 6) is -0.202. The minimum absolute atomic E-state index is 0.202. The van der Waals surface area contributed by atoms with Crippen molar-refractivity contribution in [3.05, 3.63) is 115 Å². The molecule has 1 amide bonds. The van der Waals surface area contributed by atoms with Gasteiger partial charge in [0.05, 0.1) is 22.7 Å². The number of hydrogen-bond acceptors (Lipinski definition) is 4. The molecular weight excluding hydrogens is 396 g/mol. The largest absolute Gasteiger partial charge is 0.397 e. The van der Waals surface area contributed by atoms with Crippen LogP contribution in [0.5, 0.6) is 0 Å². The van der Waals surface area contributed by atoms with Gasteiger partial charge in [0, 0.05) is 11.3 Å². The minimum Gasteiger partial charge on any atom is -0.397 e. The molecule has 0 aliphatic rings. The second-order valence-corrected chi connectivity index (χ2v) is 7.39. The lowest BCUT2D eigenvalue weighted by atomic mass is 10.0. The molecule has 4 rings (SSSR count). The summed E-state index contributed by atoms with van der Waals surface area (Å²) >= 11 is 0. The van der Waals surface area contributed by atoms with Gasteiger partial charge in [0.1, 0.15) is 0 Å². The van der Waals surface area contributed by atoms with Crippen LogP contribution in [0.3, 0.4) is 0 Å². The van der Waals surface area contributed by atoms with E-state index in [0.717, 1.165) is 28.1 Å². The van der Waals surface area contributed by atoms with Crippen molar-refractivity contribution in [2.24, 2.45) is 0 Å². The molecule has 0 spiro atoms. The van der Waals surface area contributed by atoms with Gasteiger partial charge in [-0.15, -0.1) is 0 Å². The van der Waals surface area contributed by atoms with Gasteiger partial charge in [-0.25, -0.2) is 0 Å². The van der Waals surface area contributed by atoms with Gasteiger partial charge in [0.2, 0.25) is 0 Å². The Morgan fingerprint density at radius 3 is 1.53 bits per heavy atom. The highest BCUT2D eigenvalue weighted by Gasteiger charge is 2.09. The number of carbonyl (C=O) groups excluding carboxylic acids is 1. The minimum atomic E-state index is -0.202. The van der Waals surface area contributed by atoms with Gasteiger partial charge in [-0.05, 0) is 53.1 Å². The number of nitrogen functional groups attached to an aromatic ring is 2. The van der Waals surface area contributed by atoms with Crippen LogP contribution in [-0.2, 0) is 0 Å². The topological polar surface area (TPSA) is 93.2 Å². The summed E-state index contributed by atoms with van der Waals surface area (Å²) in [6.45, 7) is 4.12. The fourth-order valence-electron chi connectivity index (χ4n) is 3.33. The Balaban J connectivity index is 1.44. The van der Waals surface area contributed by atoms with Crippen LogP contribution >= 0.6 is 0 Å². The molecule has 6 N–H and O–H groups in total. The van der Waals surface area contributed by atoms with E-state index >= 15 is 0 Å². The van der Waals surface area contributed by atoms with Crippen molar-refractivity contribution < 1.29 is 4.79 Å². The fraction of sp³-hybridized carbons (Fsp3) is 0. The van der Waals surface area contributed by atoms with Gasteiger partial charge >= 0.3 is 0 Å². The van der Waals surface area contributed by atoms with Gasteiger partial charge in [0.15, 0.2) is 0 Å². The van der Waals surface area contributed by atoms with E-state index in [0.29, 0.717) is 22.6 Å². The Hall–Kier alpha value is -4.51. The number of para-hydroxylation sites is 4. The van der Waals surface area contributed by atoms with Crippen LogP contribution in [-0.4, -0.2) is 5.91 Å². The number of carbonyl (C=O) groups is 1. The van der Waals surface area contributed by atoms with E-state index in [-0.39, 0.29) is 5.91 Å². The average Bonchev–Trinajstić information content (AvgIpc) is 2.82. The second kappa shape index (κ2) is 9.10. The van der Waals surface area contributed by atoms with E-state index in [1.54, 1.807) is 24.3 Å². The first kappa shape index (κ1) is 20.8. The summed E-state index contributed by atoms with van der Waals surface area (Å²) in [5.41, 5.74) is 18.9. The average molecular weight is 421 g/mol. The van der Waals surface area contributed by atoms with Gasteiger partial charge in [0.25, 0.3) is 5.91 Å². The molecule has 0 aromatic heterocycles. The van der Waals surface area contributed by atoms with Crippen LogP contribution in [0.1, 0.15) is 15.9 Å². The van der Waals surface area contributed by atoms with E-state index in [1.165, 1.54) is 0 Å². The predicted octanol–water partition coefficient (Wildman–Crippen LogP) is 5.85. The summed E-state index contributed by atoms with van der Waals surface area (Å²) in [6.07, 6.45) is 0. The van der Waals surface area contributed by atoms with Gasteiger partial charge in [-0.2, -0.15) is 0 Å². The van der Waals surface area contributed by atoms with Crippen molar-refractivity contribution in [1.82, 2.24) is 0 Å². The van der Waals surface area contributed by atoms with Gasteiger partial charge < -0.3 is 22.1 Å². The highest BCUT2D eigenvalue weighted by molar-refractivity contribution is 6.05. The third-order valence-corrected chi connectivity index (χ3v) is 5.17. The molecule has 0 unspecified atom stereocenters. The van der Waals surface area contributed by atoms with Crippen molar-refractivity contribution >= 4 is 34.4 Å². The monoisotopic (exact) mass is 420 g/mol. The third kappa shape index (κ3) is 4.63. The molecule has 4 aromatic carbocycles. The number of anilines is 4. The van der Waals surface area contributed by atoms with Crippen LogP contribution in [0.25, 0.3) is 16.8 Å². The smallest absolute Gasteiger partial charge is 0.255 e. The molecular formula is C27H24N4O. The lowest BCUT2D eigenvalue weighted by Gasteiger charge is -2.12. The van der Waals surface area contributed by atoms with E-state index < -0.39 is 0 Å². The first-order valence-corrected chi connectivity index (χ1v) is 10.2. The zero-order chi connectivity index (χ0) is 22.5. The Morgan fingerprint density at radius 2 is 1.03 bits per heavy atom. The maximum absolute atomic E-state index is 12.5. The van der Waals surface area contributed by atoms with E-state index in [2.05, 4.69) is 17.2 Å². The van der Waals surface area contributed by atoms with E-state index in [4.69, 9.17) is 11.5 Å². The quantitative estimate of drug-likeness (QED) is 0.294. The van der Waals surface area contributed by atoms with E-state index in [1.807, 2.05) is 72.8 Å². The van der Waals surface area contributed by atoms with Crippen molar-refractivity contribution in [3.63, 3.8) is 0 Å². The predicted molar refractivity (Wildman–Crippen MR) is 134 cm³/mol. The van der Waals surface area contributed by atoms with Crippen molar-refractivity contribution in [2.75, 3.05) is 22.1 Å². The highest BCUT2D eigenvalue weighted by atomic mass is 16.1. The summed E-state index contributed by atoms with van der Waals surface area (Å²) < 4.78 is 0. The summed E-state index contributed by atoms with van der Waals surface area (Å²) in [5, 5.41) is 6.10. The standard InChI is InChI=1S/C27H24N4O/c1-18(30-25-8-4-2-6-23(25)28)19-10-12-20(13-11-19)21-14-16-22(17-15-21)27(32)31-26-9-5-3-7-24(26)29/h2-17,30H,1,28-29H2,(H,31,32). The first-order chi connectivity index (χ1) is 15.5. The summed E-state index contributed by atoms with van der Waals surface area (Å²) in [4.78, 5) is 12.5. The Morgan fingerprint density at radius 1 is 0.594 bits per heavy atom. The van der Waals surface area contributed by atoms with E-state index in [9.17, 15) is 4.79 Å². The van der Waals surface area contributed by atoms with Gasteiger partial charge in [-0.1, -0.05) is 67.2 Å². The number of hydrogen-bond donors (Lipinski definition) is 4. The molecule has 0 saturated carbocycles. The first-order valence-electron chi connectivity index (χ1n) is 10.2. The zero-order valence-electron chi connectivity index (χ0n) is 17.5. The molecule has 0 aliphatic carbocycles. The molecule has 32 heavy (non-hydrogen) atoms. The molecule has 0 radical (unpaired) electrons. The molecule has 0 bridgehead atoms. The lowest BCUT2D eigenvalue weighted by molar-refractivity contribution is 0.102. The number of rotatable bonds is 6. The Labute approximate surface area is 187 Å². The Kier molecular flexibility index (Phi) is 5.90. The summed E-state index contributed by atoms with van der Waals surface area (Å²) in [6, 6.07) is 30.3. The maximum atomic E-state index is 12.5. The van der Waals surface area contributed by atoms with Crippen LogP contribution in [0.15, 0.2) is 104 Å². The van der Waals surface area contributed by atoms with Crippen LogP contribution in [0.2, 0.25) is 0 Å². The molecule has 0 atom stereocenters. The second-order valence-electron chi connectivity index (χ2n) is 7.39. The molecule has 0 fully saturated rings. The van der Waals surface area contributed by atoms with Crippen LogP contribution in [0, 0.1) is 0 Å². The molecule has 5 nitrogen and oxygen atoms in total. The highest BCUT2D eigenvalue weighted by Crippen LogP contribution is 2.26. The van der Waals surface area contributed by atoms with Crippen molar-refractivity contribution in [3.8, 4) is 11.1 Å². The molecule has 158 valence electrons. The van der Waals surface area contributed by atoms with Crippen molar-refractivity contribution in [1.29, 1.82) is 0 Å². The molecule has 4 aromatic rings. The zero-order valence-corrected chi connectivity index (χ0v) is 17.5. The fourth-order valence-corrected chi connectivity index (χ4v) is 3.33. The van der Waals surface area contributed by atoms with Crippen LogP contribution in [0.4, 0.5) is 22.7 Å².